The summed E-state index contributed by atoms with van der Waals surface area (Å²) in [6, 6.07) is 6.68. The first kappa shape index (κ1) is 17.6. The van der Waals surface area contributed by atoms with Gasteiger partial charge in [-0.1, -0.05) is 0 Å². The highest BCUT2D eigenvalue weighted by Gasteiger charge is 2.27. The van der Waals surface area contributed by atoms with E-state index in [2.05, 4.69) is 25.6 Å². The number of ether oxygens (including phenoxy) is 2. The molecule has 26 heavy (non-hydrogen) atoms. The lowest BCUT2D eigenvalue weighted by Gasteiger charge is -2.13. The van der Waals surface area contributed by atoms with E-state index >= 15 is 0 Å². The fourth-order valence-corrected chi connectivity index (χ4v) is 2.36. The lowest BCUT2D eigenvalue weighted by molar-refractivity contribution is -0.115. The molecule has 0 saturated heterocycles. The first-order valence-electron chi connectivity index (χ1n) is 7.54. The van der Waals surface area contributed by atoms with Crippen LogP contribution in [0.4, 0.5) is 30.6 Å². The molecule has 138 valence electrons. The molecule has 2 aromatic heterocycles. The number of halogens is 3. The normalized spacial score (nSPS) is 11.4. The summed E-state index contributed by atoms with van der Waals surface area (Å²) < 4.78 is 47.9. The van der Waals surface area contributed by atoms with Crippen molar-refractivity contribution in [3.8, 4) is 11.5 Å². The molecule has 0 aliphatic rings. The minimum Gasteiger partial charge on any atom is -0.493 e. The fourth-order valence-electron chi connectivity index (χ4n) is 2.36. The maximum Gasteiger partial charge on any atom is 0.405 e. The molecule has 3 N–H and O–H groups in total. The standard InChI is InChI=1S/C16H16F3N5O2/c1-25-11-4-3-9(7-12(11)26-2)22-15-23-13-10(5-6-20-13)14(24-15)21-8-16(17,18)19/h3-7H,8H2,1-2H3,(H3,20,21,22,23,24). The van der Waals surface area contributed by atoms with Gasteiger partial charge in [-0.05, 0) is 18.2 Å². The van der Waals surface area contributed by atoms with E-state index in [1.807, 2.05) is 0 Å². The quantitative estimate of drug-likeness (QED) is 0.616. The maximum absolute atomic E-state index is 12.5. The van der Waals surface area contributed by atoms with Crippen molar-refractivity contribution in [3.63, 3.8) is 0 Å². The Morgan fingerprint density at radius 3 is 2.54 bits per heavy atom. The zero-order valence-electron chi connectivity index (χ0n) is 13.9. The summed E-state index contributed by atoms with van der Waals surface area (Å²) in [4.78, 5) is 11.3. The number of H-pyrrole nitrogens is 1. The Balaban J connectivity index is 1.90. The van der Waals surface area contributed by atoms with Crippen LogP contribution < -0.4 is 20.1 Å². The van der Waals surface area contributed by atoms with Crippen LogP contribution >= 0.6 is 0 Å². The molecule has 2 heterocycles. The number of hydrogen-bond acceptors (Lipinski definition) is 6. The van der Waals surface area contributed by atoms with E-state index in [4.69, 9.17) is 9.47 Å². The van der Waals surface area contributed by atoms with Gasteiger partial charge in [-0.25, -0.2) is 0 Å². The molecule has 3 rings (SSSR count). The zero-order valence-corrected chi connectivity index (χ0v) is 13.9. The third-order valence-electron chi connectivity index (χ3n) is 3.51. The molecule has 0 fully saturated rings. The third kappa shape index (κ3) is 3.90. The van der Waals surface area contributed by atoms with Gasteiger partial charge in [0.25, 0.3) is 0 Å². The first-order valence-corrected chi connectivity index (χ1v) is 7.54. The molecular formula is C16H16F3N5O2. The number of methoxy groups -OCH3 is 2. The molecule has 0 radical (unpaired) electrons. The molecule has 0 aliphatic heterocycles. The van der Waals surface area contributed by atoms with Crippen LogP contribution in [0.15, 0.2) is 30.5 Å². The highest BCUT2D eigenvalue weighted by Crippen LogP contribution is 2.31. The van der Waals surface area contributed by atoms with E-state index < -0.39 is 12.7 Å². The van der Waals surface area contributed by atoms with Gasteiger partial charge in [0.1, 0.15) is 18.0 Å². The smallest absolute Gasteiger partial charge is 0.405 e. The summed E-state index contributed by atoms with van der Waals surface area (Å²) >= 11 is 0. The van der Waals surface area contributed by atoms with Crippen LogP contribution in [0.5, 0.6) is 11.5 Å². The van der Waals surface area contributed by atoms with E-state index in [0.717, 1.165) is 0 Å². The number of nitrogens with zero attached hydrogens (tertiary/aromatic N) is 2. The van der Waals surface area contributed by atoms with E-state index in [-0.39, 0.29) is 11.8 Å². The van der Waals surface area contributed by atoms with Crippen molar-refractivity contribution in [2.45, 2.75) is 6.18 Å². The van der Waals surface area contributed by atoms with Gasteiger partial charge >= 0.3 is 6.18 Å². The molecule has 7 nitrogen and oxygen atoms in total. The topological polar surface area (TPSA) is 84.1 Å². The molecule has 0 unspecified atom stereocenters. The molecule has 1 aromatic carbocycles. The Morgan fingerprint density at radius 1 is 1.08 bits per heavy atom. The van der Waals surface area contributed by atoms with Crippen molar-refractivity contribution in [2.75, 3.05) is 31.4 Å². The van der Waals surface area contributed by atoms with Crippen LogP contribution in [0.2, 0.25) is 0 Å². The van der Waals surface area contributed by atoms with Gasteiger partial charge in [0.15, 0.2) is 11.5 Å². The van der Waals surface area contributed by atoms with E-state index in [9.17, 15) is 13.2 Å². The third-order valence-corrected chi connectivity index (χ3v) is 3.51. The van der Waals surface area contributed by atoms with Gasteiger partial charge in [0, 0.05) is 18.0 Å². The van der Waals surface area contributed by atoms with Crippen LogP contribution in [-0.2, 0) is 0 Å². The van der Waals surface area contributed by atoms with Crippen LogP contribution in [0, 0.1) is 0 Å². The predicted octanol–water partition coefficient (Wildman–Crippen LogP) is 3.69. The maximum atomic E-state index is 12.5. The van der Waals surface area contributed by atoms with Crippen molar-refractivity contribution >= 4 is 28.5 Å². The minimum atomic E-state index is -4.36. The Hall–Kier alpha value is -3.17. The molecule has 0 aliphatic carbocycles. The van der Waals surface area contributed by atoms with Gasteiger partial charge in [-0.2, -0.15) is 23.1 Å². The van der Waals surface area contributed by atoms with Crippen LogP contribution in [0.3, 0.4) is 0 Å². The summed E-state index contributed by atoms with van der Waals surface area (Å²) in [6.45, 7) is -1.19. The largest absolute Gasteiger partial charge is 0.493 e. The lowest BCUT2D eigenvalue weighted by atomic mass is 10.2. The van der Waals surface area contributed by atoms with Gasteiger partial charge in [0.05, 0.1) is 19.6 Å². The van der Waals surface area contributed by atoms with Crippen molar-refractivity contribution < 1.29 is 22.6 Å². The number of aromatic nitrogens is 3. The van der Waals surface area contributed by atoms with Crippen LogP contribution in [-0.4, -0.2) is 41.9 Å². The van der Waals surface area contributed by atoms with Crippen molar-refractivity contribution in [1.82, 2.24) is 15.0 Å². The SMILES string of the molecule is COc1ccc(Nc2nc(NCC(F)(F)F)c3cc[nH]c3n2)cc1OC. The molecule has 10 heteroatoms. The Labute approximate surface area is 146 Å². The van der Waals surface area contributed by atoms with Gasteiger partial charge in [0.2, 0.25) is 5.95 Å². The zero-order chi connectivity index (χ0) is 18.7. The van der Waals surface area contributed by atoms with E-state index in [0.29, 0.717) is 28.2 Å². The molecule has 3 aromatic rings. The average Bonchev–Trinajstić information content (AvgIpc) is 3.07. The number of alkyl halides is 3. The van der Waals surface area contributed by atoms with Crippen molar-refractivity contribution in [3.05, 3.63) is 30.5 Å². The molecule has 0 saturated carbocycles. The van der Waals surface area contributed by atoms with Crippen LogP contribution in [0.1, 0.15) is 0 Å². The summed E-state index contributed by atoms with van der Waals surface area (Å²) in [7, 11) is 3.02. The summed E-state index contributed by atoms with van der Waals surface area (Å²) in [6.07, 6.45) is -2.77. The molecular weight excluding hydrogens is 351 g/mol. The number of hydrogen-bond donors (Lipinski definition) is 3. The van der Waals surface area contributed by atoms with E-state index in [1.54, 1.807) is 30.5 Å². The van der Waals surface area contributed by atoms with Crippen LogP contribution in [0.25, 0.3) is 11.0 Å². The monoisotopic (exact) mass is 367 g/mol. The average molecular weight is 367 g/mol. The van der Waals surface area contributed by atoms with E-state index in [1.165, 1.54) is 14.2 Å². The van der Waals surface area contributed by atoms with Crippen molar-refractivity contribution in [2.24, 2.45) is 0 Å². The van der Waals surface area contributed by atoms with Gasteiger partial charge in [-0.15, -0.1) is 0 Å². The highest BCUT2D eigenvalue weighted by molar-refractivity contribution is 5.88. The number of anilines is 3. The molecule has 0 spiro atoms. The Kier molecular flexibility index (Phi) is 4.74. The fraction of sp³-hybridized carbons (Fsp3) is 0.250. The highest BCUT2D eigenvalue weighted by atomic mass is 19.4. The number of nitrogens with one attached hydrogen (secondary N) is 3. The molecule has 0 atom stereocenters. The second-order valence-electron chi connectivity index (χ2n) is 5.30. The summed E-state index contributed by atoms with van der Waals surface area (Å²) in [5.74, 6) is 1.26. The summed E-state index contributed by atoms with van der Waals surface area (Å²) in [5.41, 5.74) is 1.00. The second kappa shape index (κ2) is 6.98. The molecule has 0 bridgehead atoms. The number of aromatic amines is 1. The number of fused-ring (bicyclic) bond motifs is 1. The Morgan fingerprint density at radius 2 is 1.85 bits per heavy atom. The second-order valence-corrected chi connectivity index (χ2v) is 5.30. The summed E-state index contributed by atoms with van der Waals surface area (Å²) in [5, 5.41) is 5.72. The lowest BCUT2D eigenvalue weighted by Crippen LogP contribution is -2.22. The minimum absolute atomic E-state index is 0.0801. The number of rotatable bonds is 6. The number of benzene rings is 1. The Bertz CT molecular complexity index is 911. The van der Waals surface area contributed by atoms with Crippen molar-refractivity contribution in [1.29, 1.82) is 0 Å². The molecule has 0 amide bonds. The van der Waals surface area contributed by atoms with Gasteiger partial charge < -0.3 is 25.1 Å². The first-order chi connectivity index (χ1) is 12.4. The predicted molar refractivity (Wildman–Crippen MR) is 91.3 cm³/mol. The van der Waals surface area contributed by atoms with Gasteiger partial charge in [-0.3, -0.25) is 0 Å².